The van der Waals surface area contributed by atoms with Crippen molar-refractivity contribution in [3.8, 4) is 16.9 Å². The molecule has 28 heavy (non-hydrogen) atoms. The topological polar surface area (TPSA) is 74.4 Å². The number of methoxy groups -OCH3 is 1. The summed E-state index contributed by atoms with van der Waals surface area (Å²) in [6.45, 7) is -0.320. The van der Waals surface area contributed by atoms with Crippen molar-refractivity contribution < 1.29 is 23.0 Å². The van der Waals surface area contributed by atoms with Crippen LogP contribution in [-0.4, -0.2) is 18.1 Å². The van der Waals surface area contributed by atoms with Crippen molar-refractivity contribution in [1.29, 1.82) is 0 Å². The minimum atomic E-state index is -0.743. The third kappa shape index (κ3) is 4.04. The predicted molar refractivity (Wildman–Crippen MR) is 101 cm³/mol. The summed E-state index contributed by atoms with van der Waals surface area (Å²) in [7, 11) is 1.30. The number of hydrogen-bond donors (Lipinski definition) is 1. The second-order valence-corrected chi connectivity index (χ2v) is 6.16. The Balaban J connectivity index is 1.84. The lowest BCUT2D eigenvalue weighted by Gasteiger charge is -2.12. The van der Waals surface area contributed by atoms with Crippen LogP contribution in [0.15, 0.2) is 48.7 Å². The highest BCUT2D eigenvalue weighted by Gasteiger charge is 2.14. The van der Waals surface area contributed by atoms with Crippen LogP contribution >= 0.6 is 11.6 Å². The van der Waals surface area contributed by atoms with Crippen molar-refractivity contribution in [2.24, 2.45) is 0 Å². The minimum Gasteiger partial charge on any atom is -0.485 e. The summed E-state index contributed by atoms with van der Waals surface area (Å²) in [5, 5.41) is -0.346. The summed E-state index contributed by atoms with van der Waals surface area (Å²) in [5.41, 5.74) is 7.52. The van der Waals surface area contributed by atoms with E-state index < -0.39 is 17.6 Å². The number of nitrogens with zero attached hydrogens (tertiary/aromatic N) is 1. The standard InChI is InChI=1S/C20H15ClF2N2O3/c1-27-20(26)12-4-2-11(3-5-12)13-8-17(19(24)25-9-13)28-10-14-15(22)6-7-16(23)18(14)21/h2-9H,10H2,1H3,(H2,24,25). The molecule has 0 aliphatic carbocycles. The number of anilines is 1. The number of aromatic nitrogens is 1. The van der Waals surface area contributed by atoms with Gasteiger partial charge in [-0.25, -0.2) is 18.6 Å². The van der Waals surface area contributed by atoms with Crippen molar-refractivity contribution in [3.05, 3.63) is 76.4 Å². The van der Waals surface area contributed by atoms with Gasteiger partial charge in [0.15, 0.2) is 11.6 Å². The van der Waals surface area contributed by atoms with Crippen molar-refractivity contribution in [3.63, 3.8) is 0 Å². The fourth-order valence-electron chi connectivity index (χ4n) is 2.50. The maximum absolute atomic E-state index is 13.9. The van der Waals surface area contributed by atoms with Gasteiger partial charge in [-0.15, -0.1) is 0 Å². The molecule has 0 atom stereocenters. The number of rotatable bonds is 5. The second-order valence-electron chi connectivity index (χ2n) is 5.79. The van der Waals surface area contributed by atoms with Gasteiger partial charge in [-0.3, -0.25) is 0 Å². The minimum absolute atomic E-state index is 0.0860. The molecule has 0 saturated carbocycles. The lowest BCUT2D eigenvalue weighted by molar-refractivity contribution is 0.0600. The van der Waals surface area contributed by atoms with Gasteiger partial charge in [0.2, 0.25) is 0 Å². The quantitative estimate of drug-likeness (QED) is 0.495. The van der Waals surface area contributed by atoms with E-state index in [2.05, 4.69) is 9.72 Å². The summed E-state index contributed by atoms with van der Waals surface area (Å²) in [6.07, 6.45) is 1.53. The van der Waals surface area contributed by atoms with Crippen molar-refractivity contribution >= 4 is 23.4 Å². The van der Waals surface area contributed by atoms with Crippen molar-refractivity contribution in [2.45, 2.75) is 6.61 Å². The smallest absolute Gasteiger partial charge is 0.337 e. The molecule has 3 rings (SSSR count). The molecule has 0 unspecified atom stereocenters. The van der Waals surface area contributed by atoms with E-state index in [1.165, 1.54) is 13.3 Å². The van der Waals surface area contributed by atoms with Crippen molar-refractivity contribution in [1.82, 2.24) is 4.98 Å². The Hall–Kier alpha value is -3.19. The van der Waals surface area contributed by atoms with Gasteiger partial charge in [-0.1, -0.05) is 23.7 Å². The highest BCUT2D eigenvalue weighted by atomic mass is 35.5. The molecule has 8 heteroatoms. The van der Waals surface area contributed by atoms with Gasteiger partial charge >= 0.3 is 5.97 Å². The summed E-state index contributed by atoms with van der Waals surface area (Å²) in [4.78, 5) is 15.6. The van der Waals surface area contributed by atoms with Gasteiger partial charge in [-0.2, -0.15) is 0 Å². The van der Waals surface area contributed by atoms with E-state index in [1.54, 1.807) is 30.3 Å². The number of halogens is 3. The lowest BCUT2D eigenvalue weighted by atomic mass is 10.1. The SMILES string of the molecule is COC(=O)c1ccc(-c2cnc(N)c(OCc3c(F)ccc(F)c3Cl)c2)cc1. The number of carbonyl (C=O) groups excluding carboxylic acids is 1. The molecule has 2 N–H and O–H groups in total. The Kier molecular flexibility index (Phi) is 5.75. The first-order valence-electron chi connectivity index (χ1n) is 8.10. The number of benzene rings is 2. The third-order valence-electron chi connectivity index (χ3n) is 4.03. The highest BCUT2D eigenvalue weighted by Crippen LogP contribution is 2.30. The van der Waals surface area contributed by atoms with Crippen molar-refractivity contribution in [2.75, 3.05) is 12.8 Å². The summed E-state index contributed by atoms with van der Waals surface area (Å²) < 4.78 is 37.6. The van der Waals surface area contributed by atoms with E-state index in [1.807, 2.05) is 0 Å². The zero-order valence-corrected chi connectivity index (χ0v) is 15.5. The highest BCUT2D eigenvalue weighted by molar-refractivity contribution is 6.31. The van der Waals surface area contributed by atoms with Gasteiger partial charge in [0, 0.05) is 17.3 Å². The molecule has 144 valence electrons. The summed E-state index contributed by atoms with van der Waals surface area (Å²) >= 11 is 5.80. The molecule has 0 saturated heterocycles. The second kappa shape index (κ2) is 8.22. The average Bonchev–Trinajstić information content (AvgIpc) is 2.71. The van der Waals surface area contributed by atoms with E-state index in [-0.39, 0.29) is 28.8 Å². The maximum Gasteiger partial charge on any atom is 0.337 e. The largest absolute Gasteiger partial charge is 0.485 e. The van der Waals surface area contributed by atoms with Crippen LogP contribution in [0.5, 0.6) is 5.75 Å². The van der Waals surface area contributed by atoms with Gasteiger partial charge in [0.25, 0.3) is 0 Å². The van der Waals surface area contributed by atoms with E-state index in [0.717, 1.165) is 17.7 Å². The Morgan fingerprint density at radius 3 is 2.46 bits per heavy atom. The van der Waals surface area contributed by atoms with Crippen LogP contribution in [0.2, 0.25) is 5.02 Å². The molecule has 1 aromatic heterocycles. The first-order valence-corrected chi connectivity index (χ1v) is 8.48. The number of pyridine rings is 1. The number of hydrogen-bond acceptors (Lipinski definition) is 5. The number of nitrogen functional groups attached to an aromatic ring is 1. The molecule has 0 aliphatic heterocycles. The fraction of sp³-hybridized carbons (Fsp3) is 0.100. The molecule has 0 spiro atoms. The number of ether oxygens (including phenoxy) is 2. The Bertz CT molecular complexity index is 1030. The molecule has 1 heterocycles. The van der Waals surface area contributed by atoms with Gasteiger partial charge in [0.1, 0.15) is 18.2 Å². The van der Waals surface area contributed by atoms with Crippen LogP contribution in [0.25, 0.3) is 11.1 Å². The van der Waals surface area contributed by atoms with Gasteiger partial charge < -0.3 is 15.2 Å². The maximum atomic E-state index is 13.9. The van der Waals surface area contributed by atoms with Crippen LogP contribution in [0.4, 0.5) is 14.6 Å². The molecular weight excluding hydrogens is 390 g/mol. The molecule has 0 fully saturated rings. The molecule has 0 radical (unpaired) electrons. The normalized spacial score (nSPS) is 10.6. The molecule has 2 aromatic carbocycles. The van der Waals surface area contributed by atoms with E-state index in [9.17, 15) is 13.6 Å². The number of esters is 1. The van der Waals surface area contributed by atoms with E-state index in [4.69, 9.17) is 22.1 Å². The van der Waals surface area contributed by atoms with E-state index >= 15 is 0 Å². The first-order chi connectivity index (χ1) is 13.4. The molecule has 3 aromatic rings. The van der Waals surface area contributed by atoms with Crippen LogP contribution in [-0.2, 0) is 11.3 Å². The van der Waals surface area contributed by atoms with Crippen LogP contribution < -0.4 is 10.5 Å². The van der Waals surface area contributed by atoms with Gasteiger partial charge in [0.05, 0.1) is 17.7 Å². The first kappa shape index (κ1) is 19.6. The molecule has 0 aliphatic rings. The monoisotopic (exact) mass is 404 g/mol. The predicted octanol–water partition coefficient (Wildman–Crippen LogP) is 4.63. The Morgan fingerprint density at radius 2 is 1.79 bits per heavy atom. The summed E-state index contributed by atoms with van der Waals surface area (Å²) in [5.74, 6) is -1.60. The van der Waals surface area contributed by atoms with E-state index in [0.29, 0.717) is 11.1 Å². The summed E-state index contributed by atoms with van der Waals surface area (Å²) in [6, 6.07) is 10.2. The van der Waals surface area contributed by atoms with Crippen LogP contribution in [0.1, 0.15) is 15.9 Å². The molecule has 0 bridgehead atoms. The molecule has 0 amide bonds. The number of carbonyl (C=O) groups is 1. The van der Waals surface area contributed by atoms with Crippen LogP contribution in [0.3, 0.4) is 0 Å². The van der Waals surface area contributed by atoms with Gasteiger partial charge in [-0.05, 0) is 35.9 Å². The zero-order chi connectivity index (χ0) is 20.3. The molecule has 5 nitrogen and oxygen atoms in total. The molecular formula is C20H15ClF2N2O3. The Morgan fingerprint density at radius 1 is 1.11 bits per heavy atom. The average molecular weight is 405 g/mol. The lowest BCUT2D eigenvalue weighted by Crippen LogP contribution is -2.04. The Labute approximate surface area is 164 Å². The fourth-order valence-corrected chi connectivity index (χ4v) is 2.70. The van der Waals surface area contributed by atoms with Crippen LogP contribution in [0, 0.1) is 11.6 Å². The number of nitrogens with two attached hydrogens (primary N) is 1. The zero-order valence-electron chi connectivity index (χ0n) is 14.7. The third-order valence-corrected chi connectivity index (χ3v) is 4.44.